The molecule has 0 aliphatic carbocycles. The second kappa shape index (κ2) is 9.12. The number of hydrogen-bond acceptors (Lipinski definition) is 5. The van der Waals surface area contributed by atoms with Gasteiger partial charge < -0.3 is 14.5 Å². The highest BCUT2D eigenvalue weighted by Gasteiger charge is 2.39. The molecule has 0 fully saturated rings. The van der Waals surface area contributed by atoms with E-state index in [0.29, 0.717) is 24.2 Å². The number of imide groups is 1. The van der Waals surface area contributed by atoms with Gasteiger partial charge in [0.15, 0.2) is 8.32 Å². The van der Waals surface area contributed by atoms with Crippen LogP contribution in [0.1, 0.15) is 68.7 Å². The average Bonchev–Trinajstić information content (AvgIpc) is 2.84. The fraction of sp³-hybridized carbons (Fsp3) is 0.609. The number of carbonyl (C=O) groups excluding carboxylic acids is 3. The molecule has 1 aliphatic heterocycles. The Hall–Kier alpha value is -2.19. The summed E-state index contributed by atoms with van der Waals surface area (Å²) in [5.41, 5.74) is 0.129. The minimum atomic E-state index is -1.96. The molecule has 0 saturated carbocycles. The van der Waals surface area contributed by atoms with E-state index in [1.165, 1.54) is 4.90 Å². The molecule has 0 spiro atoms. The second-order valence-electron chi connectivity index (χ2n) is 10.5. The lowest BCUT2D eigenvalue weighted by atomic mass is 10.1. The number of fused-ring (bicyclic) bond motifs is 1. The molecule has 1 aliphatic rings. The quantitative estimate of drug-likeness (QED) is 0.487. The Morgan fingerprint density at radius 1 is 1.03 bits per heavy atom. The van der Waals surface area contributed by atoms with Crippen LogP contribution in [-0.2, 0) is 9.16 Å². The Kier molecular flexibility index (Phi) is 7.38. The van der Waals surface area contributed by atoms with Crippen LogP contribution in [0.15, 0.2) is 24.3 Å². The van der Waals surface area contributed by atoms with Crippen molar-refractivity contribution in [1.82, 2.24) is 10.2 Å². The third-order valence-corrected chi connectivity index (χ3v) is 10.3. The molecule has 0 radical (unpaired) electrons. The van der Waals surface area contributed by atoms with E-state index >= 15 is 0 Å². The predicted octanol–water partition coefficient (Wildman–Crippen LogP) is 4.59. The van der Waals surface area contributed by atoms with Gasteiger partial charge in [-0.1, -0.05) is 32.9 Å². The maximum absolute atomic E-state index is 12.8. The molecule has 7 nitrogen and oxygen atoms in total. The van der Waals surface area contributed by atoms with Crippen LogP contribution in [-0.4, -0.2) is 55.9 Å². The zero-order valence-corrected chi connectivity index (χ0v) is 21.0. The molecule has 0 bridgehead atoms. The van der Waals surface area contributed by atoms with E-state index in [-0.39, 0.29) is 23.4 Å². The lowest BCUT2D eigenvalue weighted by Gasteiger charge is -2.36. The van der Waals surface area contributed by atoms with Crippen LogP contribution < -0.4 is 5.32 Å². The third kappa shape index (κ3) is 6.40. The molecule has 1 aromatic rings. The van der Waals surface area contributed by atoms with Gasteiger partial charge in [-0.15, -0.1) is 0 Å². The maximum Gasteiger partial charge on any atom is 0.407 e. The summed E-state index contributed by atoms with van der Waals surface area (Å²) in [5.74, 6) is -0.691. The highest BCUT2D eigenvalue weighted by molar-refractivity contribution is 6.74. The van der Waals surface area contributed by atoms with Gasteiger partial charge in [0.1, 0.15) is 5.60 Å². The van der Waals surface area contributed by atoms with Gasteiger partial charge in [0, 0.05) is 13.2 Å². The lowest BCUT2D eigenvalue weighted by Crippen LogP contribution is -2.48. The fourth-order valence-electron chi connectivity index (χ4n) is 2.98. The molecule has 1 heterocycles. The van der Waals surface area contributed by atoms with Gasteiger partial charge in [0.2, 0.25) is 0 Å². The summed E-state index contributed by atoms with van der Waals surface area (Å²) < 4.78 is 11.6. The van der Waals surface area contributed by atoms with Gasteiger partial charge in [-0.3, -0.25) is 14.5 Å². The highest BCUT2D eigenvalue weighted by atomic mass is 28.4. The molecule has 0 aromatic heterocycles. The van der Waals surface area contributed by atoms with Crippen molar-refractivity contribution < 1.29 is 23.5 Å². The zero-order valence-electron chi connectivity index (χ0n) is 20.0. The largest absolute Gasteiger partial charge is 0.444 e. The number of nitrogens with zero attached hydrogens (tertiary/aromatic N) is 1. The predicted molar refractivity (Wildman–Crippen MR) is 123 cm³/mol. The molecule has 172 valence electrons. The number of carbonyl (C=O) groups is 3. The first-order chi connectivity index (χ1) is 14.1. The Labute approximate surface area is 186 Å². The number of alkyl carbamates (subject to hydrolysis) is 1. The highest BCUT2D eigenvalue weighted by Crippen LogP contribution is 2.36. The summed E-state index contributed by atoms with van der Waals surface area (Å²) in [4.78, 5) is 39.1. The molecule has 1 atom stereocenters. The van der Waals surface area contributed by atoms with Crippen LogP contribution in [0.5, 0.6) is 0 Å². The summed E-state index contributed by atoms with van der Waals surface area (Å²) in [7, 11) is -1.96. The van der Waals surface area contributed by atoms with Crippen LogP contribution >= 0.6 is 0 Å². The van der Waals surface area contributed by atoms with E-state index in [1.54, 1.807) is 45.0 Å². The second-order valence-corrected chi connectivity index (χ2v) is 15.3. The van der Waals surface area contributed by atoms with Crippen LogP contribution in [0.4, 0.5) is 4.79 Å². The van der Waals surface area contributed by atoms with Gasteiger partial charge in [-0.25, -0.2) is 4.79 Å². The first-order valence-electron chi connectivity index (χ1n) is 10.7. The van der Waals surface area contributed by atoms with Crippen molar-refractivity contribution in [3.63, 3.8) is 0 Å². The van der Waals surface area contributed by atoms with E-state index in [0.717, 1.165) is 0 Å². The number of hydrogen-bond donors (Lipinski definition) is 1. The maximum atomic E-state index is 12.8. The average molecular weight is 449 g/mol. The van der Waals surface area contributed by atoms with Crippen molar-refractivity contribution in [3.8, 4) is 0 Å². The number of amides is 3. The van der Waals surface area contributed by atoms with Crippen molar-refractivity contribution >= 4 is 26.2 Å². The summed E-state index contributed by atoms with van der Waals surface area (Å²) >= 11 is 0. The van der Waals surface area contributed by atoms with Gasteiger partial charge >= 0.3 is 6.09 Å². The van der Waals surface area contributed by atoms with Crippen molar-refractivity contribution in [3.05, 3.63) is 35.4 Å². The number of rotatable bonds is 7. The Morgan fingerprint density at radius 2 is 1.55 bits per heavy atom. The van der Waals surface area contributed by atoms with Crippen molar-refractivity contribution in [2.75, 3.05) is 13.2 Å². The molecule has 31 heavy (non-hydrogen) atoms. The first kappa shape index (κ1) is 25.1. The molecule has 8 heteroatoms. The summed E-state index contributed by atoms with van der Waals surface area (Å²) in [6.45, 7) is 16.6. The number of nitrogens with one attached hydrogen (secondary N) is 1. The Balaban J connectivity index is 2.12. The molecule has 1 N–H and O–H groups in total. The summed E-state index contributed by atoms with van der Waals surface area (Å²) in [6, 6.07) is 6.27. The zero-order chi connectivity index (χ0) is 23.6. The van der Waals surface area contributed by atoms with Gasteiger partial charge in [0.25, 0.3) is 11.8 Å². The number of ether oxygens (including phenoxy) is 1. The van der Waals surface area contributed by atoms with Crippen LogP contribution in [0.2, 0.25) is 18.1 Å². The van der Waals surface area contributed by atoms with Gasteiger partial charge in [0.05, 0.1) is 17.2 Å². The Morgan fingerprint density at radius 3 is 2.00 bits per heavy atom. The van der Waals surface area contributed by atoms with Crippen LogP contribution in [0.25, 0.3) is 0 Å². The van der Waals surface area contributed by atoms with Gasteiger partial charge in [-0.2, -0.15) is 0 Å². The summed E-state index contributed by atoms with van der Waals surface area (Å²) in [5, 5.41) is 2.88. The third-order valence-electron chi connectivity index (χ3n) is 5.74. The fourth-order valence-corrected chi connectivity index (χ4v) is 4.04. The van der Waals surface area contributed by atoms with Crippen molar-refractivity contribution in [2.45, 2.75) is 77.7 Å². The van der Waals surface area contributed by atoms with Crippen molar-refractivity contribution in [2.24, 2.45) is 0 Å². The smallest absolute Gasteiger partial charge is 0.407 e. The van der Waals surface area contributed by atoms with Crippen LogP contribution in [0, 0.1) is 0 Å². The lowest BCUT2D eigenvalue weighted by molar-refractivity contribution is 0.0458. The first-order valence-corrected chi connectivity index (χ1v) is 13.6. The van der Waals surface area contributed by atoms with Crippen LogP contribution in [0.3, 0.4) is 0 Å². The minimum Gasteiger partial charge on any atom is -0.444 e. The number of benzene rings is 1. The topological polar surface area (TPSA) is 84.9 Å². The molecular weight excluding hydrogens is 412 g/mol. The van der Waals surface area contributed by atoms with E-state index in [4.69, 9.17) is 9.16 Å². The molecule has 0 saturated heterocycles. The SMILES string of the molecule is CC(C)(C)OC(=O)N[C@@H](CCO[Si](C)(C)C(C)(C)C)CN1C(=O)c2ccccc2C1=O. The normalized spacial score (nSPS) is 15.7. The Bertz CT molecular complexity index is 804. The standard InChI is InChI=1S/C23H36N2O5Si/c1-22(2,3)30-21(28)24-16(13-14-29-31(7,8)23(4,5)6)15-25-19(26)17-11-9-10-12-18(17)20(25)27/h9-12,16H,13-15H2,1-8H3,(H,24,28)/t16-/m0/s1. The van der Waals surface area contributed by atoms with E-state index in [2.05, 4.69) is 39.2 Å². The van der Waals surface area contributed by atoms with E-state index in [1.807, 2.05) is 0 Å². The molecule has 3 amide bonds. The van der Waals surface area contributed by atoms with E-state index < -0.39 is 26.1 Å². The van der Waals surface area contributed by atoms with Crippen molar-refractivity contribution in [1.29, 1.82) is 0 Å². The molecule has 0 unspecified atom stereocenters. The molecule has 1 aromatic carbocycles. The van der Waals surface area contributed by atoms with E-state index in [9.17, 15) is 14.4 Å². The molecular formula is C23H36N2O5Si. The molecule has 2 rings (SSSR count). The van der Waals surface area contributed by atoms with Gasteiger partial charge in [-0.05, 0) is 57.5 Å². The summed E-state index contributed by atoms with van der Waals surface area (Å²) in [6.07, 6.45) is -0.125. The monoisotopic (exact) mass is 448 g/mol. The minimum absolute atomic E-state index is 0.0591.